The van der Waals surface area contributed by atoms with E-state index < -0.39 is 5.97 Å². The molecule has 0 bridgehead atoms. The molecule has 0 unspecified atom stereocenters. The maximum Gasteiger partial charge on any atom is 0.340 e. The van der Waals surface area contributed by atoms with Crippen LogP contribution in [0.4, 0.5) is 17.1 Å². The summed E-state index contributed by atoms with van der Waals surface area (Å²) in [4.78, 5) is 12.1. The van der Waals surface area contributed by atoms with Crippen LogP contribution in [0.2, 0.25) is 5.02 Å². The number of carbonyl (C=O) groups is 1. The zero-order valence-corrected chi connectivity index (χ0v) is 13.4. The molecule has 0 spiro atoms. The number of nitrogens with two attached hydrogens (primary N) is 1. The highest BCUT2D eigenvalue weighted by Gasteiger charge is 2.14. The van der Waals surface area contributed by atoms with Gasteiger partial charge in [-0.15, -0.1) is 0 Å². The average molecular weight is 319 g/mol. The van der Waals surface area contributed by atoms with E-state index in [1.807, 2.05) is 32.0 Å². The molecule has 2 aromatic rings. The number of rotatable bonds is 5. The number of carbonyl (C=O) groups excluding carboxylic acids is 1. The molecule has 22 heavy (non-hydrogen) atoms. The van der Waals surface area contributed by atoms with Gasteiger partial charge in [0.15, 0.2) is 0 Å². The standard InChI is InChI=1S/C17H19ClN2O2/c1-3-8-22-17(21)14-9-12(19)5-7-16(14)20-13-6-4-11(2)15(18)10-13/h4-7,9-10,20H,3,8,19H2,1-2H3. The molecule has 2 rings (SSSR count). The third kappa shape index (κ3) is 3.92. The van der Waals surface area contributed by atoms with Crippen molar-refractivity contribution in [2.24, 2.45) is 0 Å². The fraction of sp³-hybridized carbons (Fsp3) is 0.235. The van der Waals surface area contributed by atoms with Gasteiger partial charge in [0, 0.05) is 16.4 Å². The van der Waals surface area contributed by atoms with Crippen LogP contribution in [-0.4, -0.2) is 12.6 Å². The van der Waals surface area contributed by atoms with E-state index in [2.05, 4.69) is 5.32 Å². The Hall–Kier alpha value is -2.20. The van der Waals surface area contributed by atoms with Gasteiger partial charge in [-0.1, -0.05) is 24.6 Å². The Bertz CT molecular complexity index is 686. The lowest BCUT2D eigenvalue weighted by molar-refractivity contribution is 0.0506. The molecule has 0 saturated heterocycles. The van der Waals surface area contributed by atoms with Gasteiger partial charge in [-0.2, -0.15) is 0 Å². The molecule has 0 aliphatic heterocycles. The lowest BCUT2D eigenvalue weighted by Crippen LogP contribution is -2.09. The molecule has 0 aliphatic rings. The fourth-order valence-electron chi connectivity index (χ4n) is 1.94. The second-order valence-corrected chi connectivity index (χ2v) is 5.44. The molecule has 116 valence electrons. The summed E-state index contributed by atoms with van der Waals surface area (Å²) in [5.41, 5.74) is 9.12. The number of nitrogens with one attached hydrogen (secondary N) is 1. The summed E-state index contributed by atoms with van der Waals surface area (Å²) in [5, 5.41) is 3.85. The fourth-order valence-corrected chi connectivity index (χ4v) is 2.12. The minimum Gasteiger partial charge on any atom is -0.462 e. The summed E-state index contributed by atoms with van der Waals surface area (Å²) in [6, 6.07) is 10.7. The lowest BCUT2D eigenvalue weighted by Gasteiger charge is -2.13. The summed E-state index contributed by atoms with van der Waals surface area (Å²) in [7, 11) is 0. The van der Waals surface area contributed by atoms with E-state index in [0.29, 0.717) is 28.6 Å². The minimum atomic E-state index is -0.394. The third-order valence-corrected chi connectivity index (χ3v) is 3.56. The molecule has 0 fully saturated rings. The van der Waals surface area contributed by atoms with E-state index in [4.69, 9.17) is 22.1 Å². The Balaban J connectivity index is 2.29. The smallest absolute Gasteiger partial charge is 0.340 e. The van der Waals surface area contributed by atoms with Crippen LogP contribution in [0.3, 0.4) is 0 Å². The number of ether oxygens (including phenoxy) is 1. The Kier molecular flexibility index (Phi) is 5.28. The number of benzene rings is 2. The number of anilines is 3. The summed E-state index contributed by atoms with van der Waals surface area (Å²) < 4.78 is 5.19. The van der Waals surface area contributed by atoms with Crippen molar-refractivity contribution in [1.82, 2.24) is 0 Å². The maximum absolute atomic E-state index is 12.1. The van der Waals surface area contributed by atoms with Crippen LogP contribution in [0.1, 0.15) is 29.3 Å². The highest BCUT2D eigenvalue weighted by Crippen LogP contribution is 2.27. The van der Waals surface area contributed by atoms with E-state index >= 15 is 0 Å². The Labute approximate surface area is 135 Å². The van der Waals surface area contributed by atoms with Gasteiger partial charge >= 0.3 is 5.97 Å². The number of halogens is 1. The van der Waals surface area contributed by atoms with Crippen molar-refractivity contribution in [2.75, 3.05) is 17.7 Å². The van der Waals surface area contributed by atoms with Gasteiger partial charge in [-0.25, -0.2) is 4.79 Å². The van der Waals surface area contributed by atoms with Gasteiger partial charge in [-0.05, 0) is 49.2 Å². The molecular formula is C17H19ClN2O2. The number of aryl methyl sites for hydroxylation is 1. The largest absolute Gasteiger partial charge is 0.462 e. The normalized spacial score (nSPS) is 10.3. The number of hydrogen-bond acceptors (Lipinski definition) is 4. The van der Waals surface area contributed by atoms with Crippen LogP contribution < -0.4 is 11.1 Å². The van der Waals surface area contributed by atoms with Crippen LogP contribution in [0.25, 0.3) is 0 Å². The average Bonchev–Trinajstić information content (AvgIpc) is 2.50. The van der Waals surface area contributed by atoms with Gasteiger partial charge in [0.05, 0.1) is 17.9 Å². The molecule has 5 heteroatoms. The monoisotopic (exact) mass is 318 g/mol. The van der Waals surface area contributed by atoms with E-state index in [1.165, 1.54) is 0 Å². The first-order chi connectivity index (χ1) is 10.5. The summed E-state index contributed by atoms with van der Waals surface area (Å²) >= 11 is 6.12. The quantitative estimate of drug-likeness (QED) is 0.627. The maximum atomic E-state index is 12.1. The summed E-state index contributed by atoms with van der Waals surface area (Å²) in [6.45, 7) is 4.26. The van der Waals surface area contributed by atoms with E-state index in [0.717, 1.165) is 17.7 Å². The Morgan fingerprint density at radius 3 is 2.73 bits per heavy atom. The first-order valence-corrected chi connectivity index (χ1v) is 7.49. The number of esters is 1. The van der Waals surface area contributed by atoms with Crippen molar-refractivity contribution < 1.29 is 9.53 Å². The van der Waals surface area contributed by atoms with Gasteiger partial charge in [0.2, 0.25) is 0 Å². The zero-order chi connectivity index (χ0) is 16.1. The molecule has 0 aromatic heterocycles. The van der Waals surface area contributed by atoms with Crippen LogP contribution in [0.5, 0.6) is 0 Å². The molecule has 4 nitrogen and oxygen atoms in total. The van der Waals surface area contributed by atoms with Crippen LogP contribution in [-0.2, 0) is 4.74 Å². The molecular weight excluding hydrogens is 300 g/mol. The third-order valence-electron chi connectivity index (χ3n) is 3.15. The lowest BCUT2D eigenvalue weighted by atomic mass is 10.1. The second-order valence-electron chi connectivity index (χ2n) is 5.03. The van der Waals surface area contributed by atoms with Crippen molar-refractivity contribution in [3.05, 3.63) is 52.5 Å². The van der Waals surface area contributed by atoms with Crippen molar-refractivity contribution >= 4 is 34.6 Å². The van der Waals surface area contributed by atoms with Gasteiger partial charge < -0.3 is 15.8 Å². The van der Waals surface area contributed by atoms with Crippen molar-refractivity contribution in [3.8, 4) is 0 Å². The predicted octanol–water partition coefficient (Wildman–Crippen LogP) is 4.54. The SMILES string of the molecule is CCCOC(=O)c1cc(N)ccc1Nc1ccc(C)c(Cl)c1. The Morgan fingerprint density at radius 2 is 2.05 bits per heavy atom. The predicted molar refractivity (Wildman–Crippen MR) is 90.9 cm³/mol. The van der Waals surface area contributed by atoms with Crippen LogP contribution in [0, 0.1) is 6.92 Å². The van der Waals surface area contributed by atoms with E-state index in [-0.39, 0.29) is 0 Å². The molecule has 2 aromatic carbocycles. The summed E-state index contributed by atoms with van der Waals surface area (Å²) in [6.07, 6.45) is 0.768. The van der Waals surface area contributed by atoms with Gasteiger partial charge in [0.25, 0.3) is 0 Å². The second kappa shape index (κ2) is 7.18. The first-order valence-electron chi connectivity index (χ1n) is 7.11. The molecule has 0 radical (unpaired) electrons. The van der Waals surface area contributed by atoms with E-state index in [1.54, 1.807) is 18.2 Å². The molecule has 0 heterocycles. The highest BCUT2D eigenvalue weighted by molar-refractivity contribution is 6.31. The molecule has 3 N–H and O–H groups in total. The zero-order valence-electron chi connectivity index (χ0n) is 12.7. The van der Waals surface area contributed by atoms with Crippen LogP contribution >= 0.6 is 11.6 Å². The molecule has 0 atom stereocenters. The highest BCUT2D eigenvalue weighted by atomic mass is 35.5. The van der Waals surface area contributed by atoms with Crippen molar-refractivity contribution in [1.29, 1.82) is 0 Å². The first kappa shape index (κ1) is 16.2. The number of hydrogen-bond donors (Lipinski definition) is 2. The number of nitrogen functional groups attached to an aromatic ring is 1. The topological polar surface area (TPSA) is 64.3 Å². The molecule has 0 saturated carbocycles. The van der Waals surface area contributed by atoms with Crippen LogP contribution in [0.15, 0.2) is 36.4 Å². The summed E-state index contributed by atoms with van der Waals surface area (Å²) in [5.74, 6) is -0.394. The van der Waals surface area contributed by atoms with Crippen molar-refractivity contribution in [3.63, 3.8) is 0 Å². The Morgan fingerprint density at radius 1 is 1.27 bits per heavy atom. The van der Waals surface area contributed by atoms with Crippen molar-refractivity contribution in [2.45, 2.75) is 20.3 Å². The minimum absolute atomic E-state index is 0.378. The molecule has 0 amide bonds. The van der Waals surface area contributed by atoms with Gasteiger partial charge in [-0.3, -0.25) is 0 Å². The molecule has 0 aliphatic carbocycles. The van der Waals surface area contributed by atoms with Gasteiger partial charge in [0.1, 0.15) is 0 Å². The van der Waals surface area contributed by atoms with E-state index in [9.17, 15) is 4.79 Å².